The lowest BCUT2D eigenvalue weighted by Gasteiger charge is -2.02. The molecular weight excluding hydrogens is 226 g/mol. The van der Waals surface area contributed by atoms with Crippen LogP contribution in [0.1, 0.15) is 22.2 Å². The third kappa shape index (κ3) is 2.74. The van der Waals surface area contributed by atoms with Gasteiger partial charge in [0.15, 0.2) is 11.5 Å². The number of nitrogens with one attached hydrogen (secondary N) is 1. The first kappa shape index (κ1) is 11.0. The van der Waals surface area contributed by atoms with Crippen molar-refractivity contribution in [1.29, 1.82) is 0 Å². The topological polar surface area (TPSA) is 114 Å². The van der Waals surface area contributed by atoms with Gasteiger partial charge in [-0.05, 0) is 0 Å². The molecule has 0 spiro atoms. The Morgan fingerprint density at radius 2 is 2.29 bits per heavy atom. The van der Waals surface area contributed by atoms with Crippen molar-refractivity contribution < 1.29 is 14.4 Å². The van der Waals surface area contributed by atoms with E-state index >= 15 is 0 Å². The van der Waals surface area contributed by atoms with Crippen LogP contribution in [0.4, 0.5) is 5.82 Å². The summed E-state index contributed by atoms with van der Waals surface area (Å²) in [6.07, 6.45) is 2.59. The molecule has 2 rings (SSSR count). The summed E-state index contributed by atoms with van der Waals surface area (Å²) >= 11 is 0. The first-order chi connectivity index (χ1) is 8.15. The van der Waals surface area contributed by atoms with Gasteiger partial charge in [-0.25, -0.2) is 9.78 Å². The standard InChI is InChI=1S/C9H9N5O3/c1-5-12-8(14-17-5)4-11-7-3-10-2-6(13-7)9(15)16/h2-3H,4H2,1H3,(H,11,13)(H,15,16). The maximum atomic E-state index is 10.7. The number of anilines is 1. The molecule has 88 valence electrons. The molecule has 0 radical (unpaired) electrons. The van der Waals surface area contributed by atoms with Crippen LogP contribution in [0, 0.1) is 6.92 Å². The fraction of sp³-hybridized carbons (Fsp3) is 0.222. The summed E-state index contributed by atoms with van der Waals surface area (Å²) in [6.45, 7) is 1.97. The smallest absolute Gasteiger partial charge is 0.356 e. The molecule has 0 saturated heterocycles. The van der Waals surface area contributed by atoms with Crippen molar-refractivity contribution in [3.63, 3.8) is 0 Å². The van der Waals surface area contributed by atoms with Crippen LogP contribution in [0.2, 0.25) is 0 Å². The van der Waals surface area contributed by atoms with Crippen LogP contribution >= 0.6 is 0 Å². The van der Waals surface area contributed by atoms with Gasteiger partial charge in [0.05, 0.1) is 18.9 Å². The van der Waals surface area contributed by atoms with E-state index in [0.29, 0.717) is 17.5 Å². The molecule has 8 heteroatoms. The second kappa shape index (κ2) is 4.56. The summed E-state index contributed by atoms with van der Waals surface area (Å²) in [6, 6.07) is 0. The van der Waals surface area contributed by atoms with E-state index in [1.54, 1.807) is 6.92 Å². The van der Waals surface area contributed by atoms with Gasteiger partial charge in [0.1, 0.15) is 5.82 Å². The molecule has 0 aliphatic carbocycles. The third-order valence-corrected chi connectivity index (χ3v) is 1.85. The number of hydrogen-bond donors (Lipinski definition) is 2. The van der Waals surface area contributed by atoms with E-state index in [0.717, 1.165) is 0 Å². The molecule has 0 atom stereocenters. The SMILES string of the molecule is Cc1nc(CNc2cncc(C(=O)O)n2)no1. The number of aromatic carboxylic acids is 1. The van der Waals surface area contributed by atoms with E-state index in [1.165, 1.54) is 12.4 Å². The Morgan fingerprint density at radius 3 is 2.94 bits per heavy atom. The van der Waals surface area contributed by atoms with Crippen molar-refractivity contribution in [3.05, 3.63) is 29.8 Å². The monoisotopic (exact) mass is 235 g/mol. The largest absolute Gasteiger partial charge is 0.476 e. The Balaban J connectivity index is 2.04. The summed E-state index contributed by atoms with van der Waals surface area (Å²) < 4.78 is 4.78. The maximum absolute atomic E-state index is 10.7. The van der Waals surface area contributed by atoms with Crippen molar-refractivity contribution in [3.8, 4) is 0 Å². The van der Waals surface area contributed by atoms with Gasteiger partial charge in [-0.1, -0.05) is 5.16 Å². The molecule has 2 heterocycles. The van der Waals surface area contributed by atoms with Crippen molar-refractivity contribution >= 4 is 11.8 Å². The van der Waals surface area contributed by atoms with Gasteiger partial charge in [0, 0.05) is 6.92 Å². The number of carboxylic acid groups (broad SMARTS) is 1. The number of hydrogen-bond acceptors (Lipinski definition) is 7. The van der Waals surface area contributed by atoms with Crippen LogP contribution in [0.3, 0.4) is 0 Å². The minimum absolute atomic E-state index is 0.126. The number of carboxylic acids is 1. The lowest BCUT2D eigenvalue weighted by Crippen LogP contribution is -2.07. The minimum Gasteiger partial charge on any atom is -0.476 e. The summed E-state index contributed by atoms with van der Waals surface area (Å²) in [4.78, 5) is 22.2. The molecule has 2 aromatic heterocycles. The van der Waals surface area contributed by atoms with Crippen LogP contribution in [-0.4, -0.2) is 31.2 Å². The molecule has 17 heavy (non-hydrogen) atoms. The number of carbonyl (C=O) groups is 1. The Kier molecular flexibility index (Phi) is 2.95. The average molecular weight is 235 g/mol. The molecule has 2 N–H and O–H groups in total. The van der Waals surface area contributed by atoms with Gasteiger partial charge >= 0.3 is 5.97 Å². The van der Waals surface area contributed by atoms with E-state index in [4.69, 9.17) is 9.63 Å². The van der Waals surface area contributed by atoms with Gasteiger partial charge in [-0.3, -0.25) is 4.98 Å². The van der Waals surface area contributed by atoms with E-state index < -0.39 is 5.97 Å². The lowest BCUT2D eigenvalue weighted by molar-refractivity contribution is 0.0690. The lowest BCUT2D eigenvalue weighted by atomic mass is 10.4. The predicted octanol–water partition coefficient (Wildman–Crippen LogP) is 0.478. The number of nitrogens with zero attached hydrogens (tertiary/aromatic N) is 4. The fourth-order valence-corrected chi connectivity index (χ4v) is 1.14. The highest BCUT2D eigenvalue weighted by Gasteiger charge is 2.07. The molecular formula is C9H9N5O3. The zero-order valence-corrected chi connectivity index (χ0v) is 8.91. The molecule has 0 amide bonds. The highest BCUT2D eigenvalue weighted by atomic mass is 16.5. The predicted molar refractivity (Wildman–Crippen MR) is 55.4 cm³/mol. The van der Waals surface area contributed by atoms with Crippen LogP contribution in [0.15, 0.2) is 16.9 Å². The minimum atomic E-state index is -1.13. The molecule has 2 aromatic rings. The van der Waals surface area contributed by atoms with Gasteiger partial charge < -0.3 is 14.9 Å². The molecule has 0 fully saturated rings. The van der Waals surface area contributed by atoms with Gasteiger partial charge in [0.2, 0.25) is 5.89 Å². The van der Waals surface area contributed by atoms with Gasteiger partial charge in [0.25, 0.3) is 0 Å². The Morgan fingerprint density at radius 1 is 1.47 bits per heavy atom. The highest BCUT2D eigenvalue weighted by Crippen LogP contribution is 2.04. The summed E-state index contributed by atoms with van der Waals surface area (Å²) in [5.74, 6) is 0.140. The van der Waals surface area contributed by atoms with Crippen LogP contribution in [-0.2, 0) is 6.54 Å². The highest BCUT2D eigenvalue weighted by molar-refractivity contribution is 5.85. The van der Waals surface area contributed by atoms with E-state index in [9.17, 15) is 4.79 Å². The zero-order chi connectivity index (χ0) is 12.3. The van der Waals surface area contributed by atoms with Crippen molar-refractivity contribution in [2.75, 3.05) is 5.32 Å². The van der Waals surface area contributed by atoms with Crippen LogP contribution in [0.25, 0.3) is 0 Å². The van der Waals surface area contributed by atoms with Crippen molar-refractivity contribution in [2.45, 2.75) is 13.5 Å². The third-order valence-electron chi connectivity index (χ3n) is 1.85. The number of rotatable bonds is 4. The van der Waals surface area contributed by atoms with E-state index in [1.807, 2.05) is 0 Å². The molecule has 0 aromatic carbocycles. The van der Waals surface area contributed by atoms with E-state index in [-0.39, 0.29) is 12.2 Å². The molecule has 0 aliphatic heterocycles. The molecule has 0 saturated carbocycles. The second-order valence-electron chi connectivity index (χ2n) is 3.18. The Hall–Kier alpha value is -2.51. The second-order valence-corrected chi connectivity index (χ2v) is 3.18. The van der Waals surface area contributed by atoms with Crippen LogP contribution < -0.4 is 5.32 Å². The Labute approximate surface area is 95.7 Å². The van der Waals surface area contributed by atoms with Crippen molar-refractivity contribution in [2.24, 2.45) is 0 Å². The number of aromatic nitrogens is 4. The van der Waals surface area contributed by atoms with Gasteiger partial charge in [-0.2, -0.15) is 4.98 Å². The quantitative estimate of drug-likeness (QED) is 0.786. The normalized spacial score (nSPS) is 10.2. The Bertz CT molecular complexity index is 539. The fourth-order valence-electron chi connectivity index (χ4n) is 1.14. The maximum Gasteiger partial charge on any atom is 0.356 e. The molecule has 0 bridgehead atoms. The summed E-state index contributed by atoms with van der Waals surface area (Å²) in [5, 5.41) is 15.3. The first-order valence-corrected chi connectivity index (χ1v) is 4.73. The molecule has 8 nitrogen and oxygen atoms in total. The zero-order valence-electron chi connectivity index (χ0n) is 8.91. The number of aryl methyl sites for hydroxylation is 1. The van der Waals surface area contributed by atoms with E-state index in [2.05, 4.69) is 25.4 Å². The van der Waals surface area contributed by atoms with Crippen LogP contribution in [0.5, 0.6) is 0 Å². The first-order valence-electron chi connectivity index (χ1n) is 4.73. The van der Waals surface area contributed by atoms with Crippen molar-refractivity contribution in [1.82, 2.24) is 20.1 Å². The van der Waals surface area contributed by atoms with Gasteiger partial charge in [-0.15, -0.1) is 0 Å². The summed E-state index contributed by atoms with van der Waals surface area (Å²) in [5.41, 5.74) is -0.126. The molecule has 0 unspecified atom stereocenters. The molecule has 0 aliphatic rings. The summed E-state index contributed by atoms with van der Waals surface area (Å²) in [7, 11) is 0. The average Bonchev–Trinajstić information content (AvgIpc) is 2.73.